The van der Waals surface area contributed by atoms with Crippen LogP contribution in [0.3, 0.4) is 0 Å². The highest BCUT2D eigenvalue weighted by Gasteiger charge is 2.33. The molecule has 1 aliphatic rings. The average Bonchev–Trinajstić information content (AvgIpc) is 3.10. The van der Waals surface area contributed by atoms with E-state index in [0.29, 0.717) is 6.04 Å². The molecule has 3 heteroatoms. The van der Waals surface area contributed by atoms with Crippen LogP contribution < -0.4 is 5.32 Å². The van der Waals surface area contributed by atoms with Crippen molar-refractivity contribution in [3.63, 3.8) is 0 Å². The lowest BCUT2D eigenvalue weighted by Crippen LogP contribution is -2.28. The summed E-state index contributed by atoms with van der Waals surface area (Å²) in [5.74, 6) is 1.87. The van der Waals surface area contributed by atoms with Crippen LogP contribution in [0.1, 0.15) is 38.3 Å². The SMILES string of the molecule is CCNC(CCN(C)CC1CC1C)c1cccc(Cl)c1. The van der Waals surface area contributed by atoms with E-state index in [1.54, 1.807) is 0 Å². The van der Waals surface area contributed by atoms with Gasteiger partial charge in [-0.3, -0.25) is 0 Å². The Morgan fingerprint density at radius 2 is 2.20 bits per heavy atom. The van der Waals surface area contributed by atoms with Crippen LogP contribution in [0.2, 0.25) is 5.02 Å². The van der Waals surface area contributed by atoms with E-state index in [9.17, 15) is 0 Å². The maximum atomic E-state index is 6.11. The van der Waals surface area contributed by atoms with Crippen LogP contribution in [0, 0.1) is 11.8 Å². The van der Waals surface area contributed by atoms with Crippen molar-refractivity contribution in [3.05, 3.63) is 34.9 Å². The van der Waals surface area contributed by atoms with Gasteiger partial charge in [0.05, 0.1) is 0 Å². The van der Waals surface area contributed by atoms with Crippen LogP contribution >= 0.6 is 11.6 Å². The first kappa shape index (κ1) is 15.8. The molecular formula is C17H27ClN2. The topological polar surface area (TPSA) is 15.3 Å². The monoisotopic (exact) mass is 294 g/mol. The van der Waals surface area contributed by atoms with Gasteiger partial charge in [0.2, 0.25) is 0 Å². The van der Waals surface area contributed by atoms with Gasteiger partial charge in [-0.15, -0.1) is 0 Å². The summed E-state index contributed by atoms with van der Waals surface area (Å²) in [6.45, 7) is 7.88. The normalized spacial score (nSPS) is 23.1. The van der Waals surface area contributed by atoms with Crippen molar-refractivity contribution in [1.82, 2.24) is 10.2 Å². The molecule has 3 atom stereocenters. The molecule has 1 fully saturated rings. The van der Waals surface area contributed by atoms with Gasteiger partial charge in [0, 0.05) is 17.6 Å². The molecule has 0 amide bonds. The third-order valence-electron chi connectivity index (χ3n) is 4.32. The van der Waals surface area contributed by atoms with E-state index in [0.717, 1.165) is 36.4 Å². The minimum atomic E-state index is 0.401. The standard InChI is InChI=1S/C17H27ClN2/c1-4-19-17(14-6-5-7-16(18)11-14)8-9-20(3)12-15-10-13(15)2/h5-7,11,13,15,17,19H,4,8-10,12H2,1-3H3. The Morgan fingerprint density at radius 1 is 1.45 bits per heavy atom. The van der Waals surface area contributed by atoms with Crippen molar-refractivity contribution in [1.29, 1.82) is 0 Å². The highest BCUT2D eigenvalue weighted by atomic mass is 35.5. The maximum absolute atomic E-state index is 6.11. The van der Waals surface area contributed by atoms with Gasteiger partial charge in [-0.2, -0.15) is 0 Å². The summed E-state index contributed by atoms with van der Waals surface area (Å²) in [6, 6.07) is 8.63. The molecule has 0 radical (unpaired) electrons. The molecule has 1 N–H and O–H groups in total. The smallest absolute Gasteiger partial charge is 0.0409 e. The predicted molar refractivity (Wildman–Crippen MR) is 87.3 cm³/mol. The molecule has 0 saturated heterocycles. The van der Waals surface area contributed by atoms with Crippen molar-refractivity contribution in [2.45, 2.75) is 32.7 Å². The molecular weight excluding hydrogens is 268 g/mol. The van der Waals surface area contributed by atoms with E-state index in [4.69, 9.17) is 11.6 Å². The van der Waals surface area contributed by atoms with Crippen molar-refractivity contribution >= 4 is 11.6 Å². The fourth-order valence-electron chi connectivity index (χ4n) is 2.85. The second kappa shape index (κ2) is 7.44. The van der Waals surface area contributed by atoms with Gasteiger partial charge in [0.1, 0.15) is 0 Å². The summed E-state index contributed by atoms with van der Waals surface area (Å²) < 4.78 is 0. The molecule has 20 heavy (non-hydrogen) atoms. The third-order valence-corrected chi connectivity index (χ3v) is 4.56. The zero-order valence-electron chi connectivity index (χ0n) is 12.9. The van der Waals surface area contributed by atoms with Gasteiger partial charge in [-0.1, -0.05) is 37.6 Å². The highest BCUT2D eigenvalue weighted by molar-refractivity contribution is 6.30. The number of nitrogens with one attached hydrogen (secondary N) is 1. The molecule has 1 aromatic rings. The lowest BCUT2D eigenvalue weighted by molar-refractivity contribution is 0.293. The van der Waals surface area contributed by atoms with Gasteiger partial charge in [-0.25, -0.2) is 0 Å². The fraction of sp³-hybridized carbons (Fsp3) is 0.647. The van der Waals surface area contributed by atoms with E-state index in [1.807, 2.05) is 12.1 Å². The molecule has 1 aliphatic carbocycles. The summed E-state index contributed by atoms with van der Waals surface area (Å²) in [6.07, 6.45) is 2.54. The van der Waals surface area contributed by atoms with Crippen LogP contribution in [0.4, 0.5) is 0 Å². The number of nitrogens with zero attached hydrogens (tertiary/aromatic N) is 1. The second-order valence-corrected chi connectivity index (χ2v) is 6.63. The Kier molecular flexibility index (Phi) is 5.88. The summed E-state index contributed by atoms with van der Waals surface area (Å²) in [5.41, 5.74) is 1.30. The lowest BCUT2D eigenvalue weighted by atomic mass is 10.0. The van der Waals surface area contributed by atoms with E-state index in [-0.39, 0.29) is 0 Å². The van der Waals surface area contributed by atoms with Crippen LogP contribution in [0.25, 0.3) is 0 Å². The van der Waals surface area contributed by atoms with Gasteiger partial charge in [-0.05, 0) is 62.5 Å². The Hall–Kier alpha value is -0.570. The fourth-order valence-corrected chi connectivity index (χ4v) is 3.05. The lowest BCUT2D eigenvalue weighted by Gasteiger charge is -2.23. The van der Waals surface area contributed by atoms with Crippen LogP contribution in [0.5, 0.6) is 0 Å². The van der Waals surface area contributed by atoms with Gasteiger partial charge >= 0.3 is 0 Å². The van der Waals surface area contributed by atoms with Crippen molar-refractivity contribution < 1.29 is 0 Å². The van der Waals surface area contributed by atoms with Crippen molar-refractivity contribution in [2.24, 2.45) is 11.8 Å². The third kappa shape index (κ3) is 4.76. The molecule has 0 aromatic heterocycles. The van der Waals surface area contributed by atoms with Gasteiger partial charge < -0.3 is 10.2 Å². The average molecular weight is 295 g/mol. The van der Waals surface area contributed by atoms with Crippen LogP contribution in [0.15, 0.2) is 24.3 Å². The molecule has 3 unspecified atom stereocenters. The first-order chi connectivity index (χ1) is 9.60. The Bertz CT molecular complexity index is 421. The van der Waals surface area contributed by atoms with E-state index in [2.05, 4.69) is 43.2 Å². The van der Waals surface area contributed by atoms with Crippen LogP contribution in [-0.2, 0) is 0 Å². The van der Waals surface area contributed by atoms with E-state index in [1.165, 1.54) is 18.5 Å². The van der Waals surface area contributed by atoms with Crippen LogP contribution in [-0.4, -0.2) is 31.6 Å². The molecule has 112 valence electrons. The Labute approximate surface area is 128 Å². The number of rotatable bonds is 8. The quantitative estimate of drug-likeness (QED) is 0.780. The summed E-state index contributed by atoms with van der Waals surface area (Å²) in [7, 11) is 2.24. The molecule has 1 saturated carbocycles. The predicted octanol–water partition coefficient (Wildman–Crippen LogP) is 3.97. The van der Waals surface area contributed by atoms with Crippen molar-refractivity contribution in [3.8, 4) is 0 Å². The first-order valence-electron chi connectivity index (χ1n) is 7.77. The zero-order valence-corrected chi connectivity index (χ0v) is 13.7. The van der Waals surface area contributed by atoms with E-state index < -0.39 is 0 Å². The van der Waals surface area contributed by atoms with E-state index >= 15 is 0 Å². The van der Waals surface area contributed by atoms with Gasteiger partial charge in [0.25, 0.3) is 0 Å². The zero-order chi connectivity index (χ0) is 14.5. The molecule has 0 heterocycles. The molecule has 2 nitrogen and oxygen atoms in total. The molecule has 0 spiro atoms. The van der Waals surface area contributed by atoms with Gasteiger partial charge in [0.15, 0.2) is 0 Å². The minimum Gasteiger partial charge on any atom is -0.310 e. The molecule has 0 aliphatic heterocycles. The maximum Gasteiger partial charge on any atom is 0.0409 e. The summed E-state index contributed by atoms with van der Waals surface area (Å²) in [4.78, 5) is 2.48. The largest absolute Gasteiger partial charge is 0.310 e. The Balaban J connectivity index is 1.85. The highest BCUT2D eigenvalue weighted by Crippen LogP contribution is 2.38. The number of hydrogen-bond acceptors (Lipinski definition) is 2. The molecule has 1 aromatic carbocycles. The summed E-state index contributed by atoms with van der Waals surface area (Å²) >= 11 is 6.11. The minimum absolute atomic E-state index is 0.401. The molecule has 2 rings (SSSR count). The number of benzene rings is 1. The number of halogens is 1. The Morgan fingerprint density at radius 3 is 2.80 bits per heavy atom. The molecule has 0 bridgehead atoms. The second-order valence-electron chi connectivity index (χ2n) is 6.19. The van der Waals surface area contributed by atoms with Crippen molar-refractivity contribution in [2.75, 3.05) is 26.7 Å². The first-order valence-corrected chi connectivity index (χ1v) is 8.15. The summed E-state index contributed by atoms with van der Waals surface area (Å²) in [5, 5.41) is 4.40. The number of hydrogen-bond donors (Lipinski definition) is 1.